The fourth-order valence-electron chi connectivity index (χ4n) is 2.21. The van der Waals surface area contributed by atoms with Crippen LogP contribution in [0.4, 0.5) is 0 Å². The van der Waals surface area contributed by atoms with Gasteiger partial charge in [-0.1, -0.05) is 28.9 Å². The molecule has 1 aliphatic heterocycles. The zero-order valence-corrected chi connectivity index (χ0v) is 10.7. The number of halogens is 1. The largest absolute Gasteiger partial charge is 0.339 e. The van der Waals surface area contributed by atoms with Crippen molar-refractivity contribution in [3.63, 3.8) is 0 Å². The summed E-state index contributed by atoms with van der Waals surface area (Å²) in [7, 11) is 0. The minimum atomic E-state index is 0.381. The van der Waals surface area contributed by atoms with Crippen molar-refractivity contribution in [2.75, 3.05) is 13.1 Å². The van der Waals surface area contributed by atoms with Crippen molar-refractivity contribution in [3.8, 4) is 11.4 Å². The second-order valence-electron chi connectivity index (χ2n) is 4.49. The molecule has 0 atom stereocenters. The van der Waals surface area contributed by atoms with Crippen molar-refractivity contribution in [1.82, 2.24) is 15.5 Å². The van der Waals surface area contributed by atoms with Gasteiger partial charge in [0, 0.05) is 16.5 Å². The molecule has 2 aromatic rings. The fraction of sp³-hybridized carbons (Fsp3) is 0.385. The second-order valence-corrected chi connectivity index (χ2v) is 4.93. The van der Waals surface area contributed by atoms with Crippen molar-refractivity contribution in [2.45, 2.75) is 18.8 Å². The van der Waals surface area contributed by atoms with Gasteiger partial charge in [-0.05, 0) is 38.1 Å². The maximum atomic E-state index is 5.96. The third-order valence-corrected chi connectivity index (χ3v) is 3.45. The summed E-state index contributed by atoms with van der Waals surface area (Å²) in [4.78, 5) is 4.48. The Morgan fingerprint density at radius 3 is 2.89 bits per heavy atom. The highest BCUT2D eigenvalue weighted by atomic mass is 35.5. The van der Waals surface area contributed by atoms with E-state index in [1.165, 1.54) is 0 Å². The second kappa shape index (κ2) is 5.08. The molecule has 1 aliphatic rings. The van der Waals surface area contributed by atoms with E-state index >= 15 is 0 Å². The Balaban J connectivity index is 1.84. The Morgan fingerprint density at radius 1 is 1.28 bits per heavy atom. The van der Waals surface area contributed by atoms with Gasteiger partial charge in [-0.2, -0.15) is 4.98 Å². The molecule has 0 saturated carbocycles. The Bertz CT molecular complexity index is 535. The van der Waals surface area contributed by atoms with Crippen LogP contribution in [0.1, 0.15) is 24.7 Å². The van der Waals surface area contributed by atoms with Crippen LogP contribution in [0, 0.1) is 0 Å². The van der Waals surface area contributed by atoms with Crippen molar-refractivity contribution in [3.05, 3.63) is 35.2 Å². The van der Waals surface area contributed by atoms with E-state index in [9.17, 15) is 0 Å². The van der Waals surface area contributed by atoms with E-state index in [-0.39, 0.29) is 0 Å². The molecule has 1 aromatic carbocycles. The van der Waals surface area contributed by atoms with E-state index in [0.717, 1.165) is 37.4 Å². The van der Waals surface area contributed by atoms with Gasteiger partial charge in [0.05, 0.1) is 0 Å². The predicted molar refractivity (Wildman–Crippen MR) is 69.6 cm³/mol. The quantitative estimate of drug-likeness (QED) is 0.905. The lowest BCUT2D eigenvalue weighted by atomic mass is 9.98. The Kier molecular flexibility index (Phi) is 3.30. The van der Waals surface area contributed by atoms with Crippen LogP contribution in [0.5, 0.6) is 0 Å². The Hall–Kier alpha value is -1.39. The molecule has 5 heteroatoms. The van der Waals surface area contributed by atoms with Gasteiger partial charge < -0.3 is 9.84 Å². The summed E-state index contributed by atoms with van der Waals surface area (Å²) < 4.78 is 5.37. The first kappa shape index (κ1) is 11.7. The number of aromatic nitrogens is 2. The van der Waals surface area contributed by atoms with E-state index in [1.807, 2.05) is 24.3 Å². The number of nitrogens with one attached hydrogen (secondary N) is 1. The average Bonchev–Trinajstić information content (AvgIpc) is 2.89. The molecule has 3 rings (SSSR count). The molecule has 1 aromatic heterocycles. The number of hydrogen-bond acceptors (Lipinski definition) is 4. The first-order valence-corrected chi connectivity index (χ1v) is 6.51. The molecule has 0 aliphatic carbocycles. The fourth-order valence-corrected chi connectivity index (χ4v) is 2.41. The van der Waals surface area contributed by atoms with Crippen LogP contribution in [-0.2, 0) is 0 Å². The van der Waals surface area contributed by atoms with Gasteiger partial charge in [-0.15, -0.1) is 0 Å². The third kappa shape index (κ3) is 2.40. The highest BCUT2D eigenvalue weighted by Gasteiger charge is 2.21. The zero-order chi connectivity index (χ0) is 12.4. The number of nitrogens with zero attached hydrogens (tertiary/aromatic N) is 2. The molecule has 0 amide bonds. The van der Waals surface area contributed by atoms with Gasteiger partial charge in [0.2, 0.25) is 11.7 Å². The van der Waals surface area contributed by atoms with Crippen LogP contribution < -0.4 is 5.32 Å². The van der Waals surface area contributed by atoms with Gasteiger partial charge in [0.25, 0.3) is 0 Å². The van der Waals surface area contributed by atoms with E-state index in [1.54, 1.807) is 0 Å². The lowest BCUT2D eigenvalue weighted by Crippen LogP contribution is -2.26. The van der Waals surface area contributed by atoms with Crippen LogP contribution in [-0.4, -0.2) is 23.2 Å². The minimum absolute atomic E-state index is 0.381. The highest BCUT2D eigenvalue weighted by Crippen LogP contribution is 2.26. The lowest BCUT2D eigenvalue weighted by Gasteiger charge is -2.18. The first-order chi connectivity index (χ1) is 8.83. The monoisotopic (exact) mass is 263 g/mol. The summed E-state index contributed by atoms with van der Waals surface area (Å²) in [6.45, 7) is 2.03. The Morgan fingerprint density at radius 2 is 2.11 bits per heavy atom. The van der Waals surface area contributed by atoms with Crippen molar-refractivity contribution in [1.29, 1.82) is 0 Å². The maximum absolute atomic E-state index is 5.96. The van der Waals surface area contributed by atoms with E-state index < -0.39 is 0 Å². The summed E-state index contributed by atoms with van der Waals surface area (Å²) in [6.07, 6.45) is 2.11. The SMILES string of the molecule is Clc1cccc(-c2noc(C3CCNCC3)n2)c1. The molecular formula is C13H14ClN3O. The highest BCUT2D eigenvalue weighted by molar-refractivity contribution is 6.30. The van der Waals surface area contributed by atoms with Crippen LogP contribution in [0.25, 0.3) is 11.4 Å². The molecule has 0 radical (unpaired) electrons. The summed E-state index contributed by atoms with van der Waals surface area (Å²) in [5.41, 5.74) is 0.895. The molecule has 94 valence electrons. The summed E-state index contributed by atoms with van der Waals surface area (Å²) in [5.74, 6) is 1.74. The molecule has 18 heavy (non-hydrogen) atoms. The zero-order valence-electron chi connectivity index (χ0n) is 9.90. The maximum Gasteiger partial charge on any atom is 0.230 e. The number of benzene rings is 1. The smallest absolute Gasteiger partial charge is 0.230 e. The molecule has 4 nitrogen and oxygen atoms in total. The standard InChI is InChI=1S/C13H14ClN3O/c14-11-3-1-2-10(8-11)12-16-13(18-17-12)9-4-6-15-7-5-9/h1-3,8-9,15H,4-7H2. The van der Waals surface area contributed by atoms with Crippen molar-refractivity contribution < 1.29 is 4.52 Å². The van der Waals surface area contributed by atoms with Crippen molar-refractivity contribution >= 4 is 11.6 Å². The van der Waals surface area contributed by atoms with Gasteiger partial charge in [-0.25, -0.2) is 0 Å². The van der Waals surface area contributed by atoms with Gasteiger partial charge in [-0.3, -0.25) is 0 Å². The van der Waals surface area contributed by atoms with E-state index in [2.05, 4.69) is 15.5 Å². The van der Waals surface area contributed by atoms with Gasteiger partial charge >= 0.3 is 0 Å². The average molecular weight is 264 g/mol. The molecule has 0 bridgehead atoms. The van der Waals surface area contributed by atoms with Crippen LogP contribution in [0.15, 0.2) is 28.8 Å². The molecule has 2 heterocycles. The molecule has 1 saturated heterocycles. The number of hydrogen-bond donors (Lipinski definition) is 1. The molecule has 1 N–H and O–H groups in total. The minimum Gasteiger partial charge on any atom is -0.339 e. The topological polar surface area (TPSA) is 51.0 Å². The molecule has 1 fully saturated rings. The normalized spacial score (nSPS) is 16.9. The summed E-state index contributed by atoms with van der Waals surface area (Å²) in [6, 6.07) is 7.50. The van der Waals surface area contributed by atoms with Gasteiger partial charge in [0.1, 0.15) is 0 Å². The predicted octanol–water partition coefficient (Wildman–Crippen LogP) is 2.86. The van der Waals surface area contributed by atoms with Crippen LogP contribution in [0.3, 0.4) is 0 Å². The lowest BCUT2D eigenvalue weighted by molar-refractivity contribution is 0.320. The first-order valence-electron chi connectivity index (χ1n) is 6.13. The van der Waals surface area contributed by atoms with Crippen LogP contribution >= 0.6 is 11.6 Å². The van der Waals surface area contributed by atoms with E-state index in [0.29, 0.717) is 16.8 Å². The van der Waals surface area contributed by atoms with Crippen molar-refractivity contribution in [2.24, 2.45) is 0 Å². The Labute approximate surface area is 110 Å². The third-order valence-electron chi connectivity index (χ3n) is 3.21. The van der Waals surface area contributed by atoms with Crippen LogP contribution in [0.2, 0.25) is 5.02 Å². The van der Waals surface area contributed by atoms with E-state index in [4.69, 9.17) is 16.1 Å². The molecule has 0 unspecified atom stereocenters. The number of rotatable bonds is 2. The summed E-state index contributed by atoms with van der Waals surface area (Å²) >= 11 is 5.96. The summed E-state index contributed by atoms with van der Waals surface area (Å²) in [5, 5.41) is 8.04. The van der Waals surface area contributed by atoms with Gasteiger partial charge in [0.15, 0.2) is 0 Å². The molecule has 0 spiro atoms. The molecular weight excluding hydrogens is 250 g/mol. The number of piperidine rings is 1.